The average Bonchev–Trinajstić information content (AvgIpc) is 3.73. The van der Waals surface area contributed by atoms with E-state index in [1.807, 2.05) is 96.7 Å². The van der Waals surface area contributed by atoms with Gasteiger partial charge in [0.05, 0.1) is 21.8 Å². The molecule has 7 rings (SSSR count). The van der Waals surface area contributed by atoms with Crippen molar-refractivity contribution >= 4 is 49.3 Å². The Morgan fingerprint density at radius 2 is 1.82 bits per heavy atom. The van der Waals surface area contributed by atoms with Crippen LogP contribution in [0.4, 0.5) is 0 Å². The van der Waals surface area contributed by atoms with E-state index in [1.165, 1.54) is 15.9 Å². The number of benzene rings is 3. The highest BCUT2D eigenvalue weighted by Gasteiger charge is 2.20. The number of thiazole rings is 1. The minimum absolute atomic E-state index is 0.248. The molecule has 40 heavy (non-hydrogen) atoms. The van der Waals surface area contributed by atoms with Crippen molar-refractivity contribution in [3.63, 3.8) is 0 Å². The number of hydrogen-bond donors (Lipinski definition) is 0. The minimum Gasteiger partial charge on any atom is -0.496 e. The van der Waals surface area contributed by atoms with Gasteiger partial charge in [0, 0.05) is 28.3 Å². The fraction of sp³-hybridized carbons (Fsp3) is 0.0667. The summed E-state index contributed by atoms with van der Waals surface area (Å²) in [5.41, 5.74) is 4.76. The van der Waals surface area contributed by atoms with Gasteiger partial charge in [-0.25, -0.2) is 4.68 Å². The summed E-state index contributed by atoms with van der Waals surface area (Å²) >= 11 is 4.85. The normalized spacial score (nSPS) is 12.1. The molecule has 0 saturated carbocycles. The van der Waals surface area contributed by atoms with Gasteiger partial charge >= 0.3 is 0 Å². The van der Waals surface area contributed by atoms with Gasteiger partial charge in [-0.05, 0) is 65.3 Å². The van der Waals surface area contributed by atoms with Crippen LogP contribution < -0.4 is 14.8 Å². The molecule has 0 fully saturated rings. The van der Waals surface area contributed by atoms with Crippen LogP contribution in [-0.4, -0.2) is 31.5 Å². The molecule has 0 aliphatic heterocycles. The van der Waals surface area contributed by atoms with E-state index in [-0.39, 0.29) is 5.56 Å². The van der Waals surface area contributed by atoms with Gasteiger partial charge in [0.15, 0.2) is 5.76 Å². The maximum absolute atomic E-state index is 13.5. The van der Waals surface area contributed by atoms with Crippen molar-refractivity contribution in [2.24, 2.45) is 0 Å². The lowest BCUT2D eigenvalue weighted by atomic mass is 10.1. The van der Waals surface area contributed by atoms with Crippen LogP contribution in [0.3, 0.4) is 0 Å². The first-order valence-electron chi connectivity index (χ1n) is 12.4. The summed E-state index contributed by atoms with van der Waals surface area (Å²) in [5.74, 6) is 1.68. The first kappa shape index (κ1) is 24.5. The predicted octanol–water partition coefficient (Wildman–Crippen LogP) is 6.04. The molecular formula is C30H20BrN5O3S. The second-order valence-electron chi connectivity index (χ2n) is 9.16. The number of ether oxygens (including phenoxy) is 1. The van der Waals surface area contributed by atoms with Gasteiger partial charge in [0.25, 0.3) is 5.56 Å². The van der Waals surface area contributed by atoms with Gasteiger partial charge in [0.1, 0.15) is 17.0 Å². The Morgan fingerprint density at radius 1 is 1.02 bits per heavy atom. The van der Waals surface area contributed by atoms with Crippen LogP contribution in [0.25, 0.3) is 50.5 Å². The molecule has 4 heterocycles. The summed E-state index contributed by atoms with van der Waals surface area (Å²) in [6, 6.07) is 23.4. The fourth-order valence-corrected chi connectivity index (χ4v) is 6.14. The van der Waals surface area contributed by atoms with E-state index in [1.54, 1.807) is 7.11 Å². The molecule has 3 aromatic carbocycles. The van der Waals surface area contributed by atoms with Crippen molar-refractivity contribution < 1.29 is 9.15 Å². The maximum atomic E-state index is 13.5. The van der Waals surface area contributed by atoms with Crippen molar-refractivity contribution in [2.75, 3.05) is 7.11 Å². The zero-order valence-electron chi connectivity index (χ0n) is 21.3. The molecular weight excluding hydrogens is 590 g/mol. The first-order valence-corrected chi connectivity index (χ1v) is 14.0. The summed E-state index contributed by atoms with van der Waals surface area (Å²) in [6.45, 7) is 1.97. The van der Waals surface area contributed by atoms with Crippen molar-refractivity contribution in [3.8, 4) is 34.3 Å². The first-order chi connectivity index (χ1) is 19.5. The van der Waals surface area contributed by atoms with Gasteiger partial charge in [0.2, 0.25) is 10.8 Å². The third kappa shape index (κ3) is 4.04. The number of rotatable bonds is 5. The Labute approximate surface area is 239 Å². The number of methoxy groups -OCH3 is 1. The lowest BCUT2D eigenvalue weighted by Gasteiger charge is -2.05. The van der Waals surface area contributed by atoms with Crippen molar-refractivity contribution in [3.05, 3.63) is 109 Å². The molecule has 0 saturated heterocycles. The van der Waals surface area contributed by atoms with E-state index in [4.69, 9.17) is 14.3 Å². The van der Waals surface area contributed by atoms with Crippen LogP contribution in [-0.2, 0) is 0 Å². The molecule has 10 heteroatoms. The van der Waals surface area contributed by atoms with Crippen molar-refractivity contribution in [1.82, 2.24) is 24.4 Å². The summed E-state index contributed by atoms with van der Waals surface area (Å²) in [7, 11) is 1.63. The summed E-state index contributed by atoms with van der Waals surface area (Å²) in [6.07, 6.45) is 3.76. The SMILES string of the molecule is COc1ccc(-c2nn(-c3ccccc3)cc2C=c2sc3nc(-c4oc5ccccc5c4C)nn3c2=O)cc1Br. The van der Waals surface area contributed by atoms with Crippen molar-refractivity contribution in [1.29, 1.82) is 0 Å². The summed E-state index contributed by atoms with van der Waals surface area (Å²) in [5, 5.41) is 10.4. The number of halogens is 1. The molecule has 0 radical (unpaired) electrons. The Hall–Kier alpha value is -4.54. The number of para-hydroxylation sites is 2. The van der Waals surface area contributed by atoms with Crippen LogP contribution in [0.2, 0.25) is 0 Å². The van der Waals surface area contributed by atoms with Gasteiger partial charge in [-0.3, -0.25) is 4.79 Å². The molecule has 0 bridgehead atoms. The summed E-state index contributed by atoms with van der Waals surface area (Å²) < 4.78 is 15.9. The third-order valence-corrected chi connectivity index (χ3v) is 8.28. The fourth-order valence-electron chi connectivity index (χ4n) is 4.70. The van der Waals surface area contributed by atoms with E-state index in [0.29, 0.717) is 21.1 Å². The largest absolute Gasteiger partial charge is 0.496 e. The molecule has 0 aliphatic rings. The van der Waals surface area contributed by atoms with Crippen LogP contribution >= 0.6 is 27.3 Å². The van der Waals surface area contributed by atoms with Crippen LogP contribution in [0.1, 0.15) is 11.1 Å². The average molecular weight is 610 g/mol. The second kappa shape index (κ2) is 9.58. The molecule has 4 aromatic heterocycles. The molecule has 196 valence electrons. The van der Waals surface area contributed by atoms with Crippen molar-refractivity contribution in [2.45, 2.75) is 6.92 Å². The number of aryl methyl sites for hydroxylation is 1. The van der Waals surface area contributed by atoms with Crippen LogP contribution in [0.5, 0.6) is 5.75 Å². The van der Waals surface area contributed by atoms with E-state index in [2.05, 4.69) is 26.0 Å². The highest BCUT2D eigenvalue weighted by molar-refractivity contribution is 9.10. The Morgan fingerprint density at radius 3 is 2.58 bits per heavy atom. The van der Waals surface area contributed by atoms with E-state index in [9.17, 15) is 4.79 Å². The number of hydrogen-bond acceptors (Lipinski definition) is 7. The quantitative estimate of drug-likeness (QED) is 0.236. The predicted molar refractivity (Wildman–Crippen MR) is 159 cm³/mol. The lowest BCUT2D eigenvalue weighted by Crippen LogP contribution is -2.23. The van der Waals surface area contributed by atoms with Gasteiger partial charge in [-0.2, -0.15) is 14.6 Å². The monoisotopic (exact) mass is 609 g/mol. The molecule has 0 spiro atoms. The molecule has 0 atom stereocenters. The van der Waals surface area contributed by atoms with Gasteiger partial charge < -0.3 is 9.15 Å². The smallest absolute Gasteiger partial charge is 0.291 e. The second-order valence-corrected chi connectivity index (χ2v) is 11.0. The number of furan rings is 1. The van der Waals surface area contributed by atoms with Gasteiger partial charge in [-0.1, -0.05) is 47.7 Å². The molecule has 0 unspecified atom stereocenters. The lowest BCUT2D eigenvalue weighted by molar-refractivity contribution is 0.412. The van der Waals surface area contributed by atoms with E-state index < -0.39 is 0 Å². The topological polar surface area (TPSA) is 87.4 Å². The Kier molecular flexibility index (Phi) is 5.87. The third-order valence-electron chi connectivity index (χ3n) is 6.70. The molecule has 8 nitrogen and oxygen atoms in total. The van der Waals surface area contributed by atoms with Crippen LogP contribution in [0, 0.1) is 6.92 Å². The van der Waals surface area contributed by atoms with E-state index in [0.717, 1.165) is 49.3 Å². The molecule has 0 aliphatic carbocycles. The van der Waals surface area contributed by atoms with Crippen LogP contribution in [0.15, 0.2) is 92.7 Å². The highest BCUT2D eigenvalue weighted by atomic mass is 79.9. The van der Waals surface area contributed by atoms with E-state index >= 15 is 0 Å². The standard InChI is InChI=1S/C30H20BrN5O3S/c1-17-21-10-6-7-11-23(21)39-27(17)28-32-30-36(34-28)29(37)25(40-30)15-19-16-35(20-8-4-3-5-9-20)33-26(19)18-12-13-24(38-2)22(31)14-18/h3-16H,1-2H3. The number of nitrogens with zero attached hydrogens (tertiary/aromatic N) is 5. The zero-order valence-corrected chi connectivity index (χ0v) is 23.7. The number of fused-ring (bicyclic) bond motifs is 2. The Balaban J connectivity index is 1.36. The molecule has 7 aromatic rings. The number of aromatic nitrogens is 5. The minimum atomic E-state index is -0.248. The molecule has 0 amide bonds. The summed E-state index contributed by atoms with van der Waals surface area (Å²) in [4.78, 5) is 18.6. The maximum Gasteiger partial charge on any atom is 0.291 e. The zero-order chi connectivity index (χ0) is 27.4. The highest BCUT2D eigenvalue weighted by Crippen LogP contribution is 2.33. The molecule has 0 N–H and O–H groups in total. The Bertz CT molecular complexity index is 2160. The van der Waals surface area contributed by atoms with Gasteiger partial charge in [-0.15, -0.1) is 5.10 Å².